The molecule has 2 aromatic carbocycles. The maximum Gasteiger partial charge on any atom is 0.233 e. The van der Waals surface area contributed by atoms with Gasteiger partial charge in [-0.1, -0.05) is 35.3 Å². The number of fused-ring (bicyclic) bond motifs is 1. The van der Waals surface area contributed by atoms with Crippen LogP contribution in [0.5, 0.6) is 0 Å². The van der Waals surface area contributed by atoms with Gasteiger partial charge in [0, 0.05) is 5.02 Å². The molecule has 2 amide bonds. The number of amides is 2. The molecule has 0 spiro atoms. The van der Waals surface area contributed by atoms with Crippen molar-refractivity contribution in [3.8, 4) is 0 Å². The van der Waals surface area contributed by atoms with Gasteiger partial charge in [-0.2, -0.15) is 0 Å². The molecule has 0 saturated heterocycles. The van der Waals surface area contributed by atoms with E-state index in [2.05, 4.69) is 20.6 Å². The lowest BCUT2D eigenvalue weighted by atomic mass is 10.3. The summed E-state index contributed by atoms with van der Waals surface area (Å²) in [6.45, 7) is 0.211. The fraction of sp³-hybridized carbons (Fsp3) is 0.118. The Bertz CT molecular complexity index is 906. The number of nitrogens with one attached hydrogen (secondary N) is 3. The number of imidazole rings is 1. The number of rotatable bonds is 5. The molecule has 0 fully saturated rings. The molecule has 0 aliphatic rings. The number of halogens is 2. The number of carbonyl (C=O) groups is 2. The predicted octanol–water partition coefficient (Wildman–Crippen LogP) is 3.51. The second-order valence-corrected chi connectivity index (χ2v) is 6.17. The Balaban J connectivity index is 1.52. The molecule has 3 rings (SSSR count). The molecular formula is C17H14Cl2N4O2. The monoisotopic (exact) mass is 376 g/mol. The number of benzene rings is 2. The number of carbonyl (C=O) groups excluding carboxylic acids is 2. The number of nitrogens with zero attached hydrogens (tertiary/aromatic N) is 1. The number of hydrogen-bond donors (Lipinski definition) is 3. The summed E-state index contributed by atoms with van der Waals surface area (Å²) in [6.07, 6.45) is -0.320. The smallest absolute Gasteiger partial charge is 0.233 e. The van der Waals surface area contributed by atoms with Crippen LogP contribution in [0.25, 0.3) is 11.0 Å². The minimum atomic E-state index is -0.466. The van der Waals surface area contributed by atoms with Gasteiger partial charge in [-0.25, -0.2) is 4.98 Å². The topological polar surface area (TPSA) is 86.9 Å². The Kier molecular flexibility index (Phi) is 5.21. The van der Waals surface area contributed by atoms with Gasteiger partial charge in [-0.15, -0.1) is 0 Å². The van der Waals surface area contributed by atoms with Crippen molar-refractivity contribution in [3.05, 3.63) is 58.3 Å². The highest BCUT2D eigenvalue weighted by molar-refractivity contribution is 6.36. The van der Waals surface area contributed by atoms with Gasteiger partial charge in [0.25, 0.3) is 0 Å². The van der Waals surface area contributed by atoms with Crippen molar-refractivity contribution in [2.45, 2.75) is 13.0 Å². The summed E-state index contributed by atoms with van der Waals surface area (Å²) in [5, 5.41) is 6.00. The summed E-state index contributed by atoms with van der Waals surface area (Å²) in [5.41, 5.74) is 2.12. The second kappa shape index (κ2) is 7.55. The number of para-hydroxylation sites is 2. The van der Waals surface area contributed by atoms with E-state index in [1.165, 1.54) is 6.07 Å². The van der Waals surface area contributed by atoms with Gasteiger partial charge in [-0.05, 0) is 30.3 Å². The average molecular weight is 377 g/mol. The van der Waals surface area contributed by atoms with E-state index < -0.39 is 11.8 Å². The van der Waals surface area contributed by atoms with Crippen LogP contribution in [0.2, 0.25) is 10.0 Å². The van der Waals surface area contributed by atoms with Crippen molar-refractivity contribution in [1.29, 1.82) is 0 Å². The molecule has 1 aromatic heterocycles. The molecule has 6 nitrogen and oxygen atoms in total. The Hall–Kier alpha value is -2.57. The van der Waals surface area contributed by atoms with Crippen molar-refractivity contribution in [2.24, 2.45) is 0 Å². The summed E-state index contributed by atoms with van der Waals surface area (Å²) >= 11 is 11.8. The molecule has 0 aliphatic heterocycles. The molecule has 3 aromatic rings. The van der Waals surface area contributed by atoms with Gasteiger partial charge in [0.05, 0.1) is 28.3 Å². The number of hydrogen-bond acceptors (Lipinski definition) is 3. The van der Waals surface area contributed by atoms with Gasteiger partial charge in [0.15, 0.2) is 0 Å². The molecule has 128 valence electrons. The summed E-state index contributed by atoms with van der Waals surface area (Å²) in [6, 6.07) is 12.3. The molecule has 1 heterocycles. The minimum Gasteiger partial charge on any atom is -0.348 e. The van der Waals surface area contributed by atoms with Gasteiger partial charge in [0.2, 0.25) is 11.8 Å². The normalized spacial score (nSPS) is 10.6. The summed E-state index contributed by atoms with van der Waals surface area (Å²) in [4.78, 5) is 31.3. The van der Waals surface area contributed by atoms with Gasteiger partial charge in [-0.3, -0.25) is 9.59 Å². The highest BCUT2D eigenvalue weighted by atomic mass is 35.5. The summed E-state index contributed by atoms with van der Waals surface area (Å²) in [5.74, 6) is -0.259. The molecule has 0 saturated carbocycles. The van der Waals surface area contributed by atoms with Crippen molar-refractivity contribution in [1.82, 2.24) is 15.3 Å². The number of aromatic nitrogens is 2. The zero-order valence-electron chi connectivity index (χ0n) is 13.0. The van der Waals surface area contributed by atoms with Crippen LogP contribution in [0.15, 0.2) is 42.5 Å². The van der Waals surface area contributed by atoms with E-state index in [9.17, 15) is 9.59 Å². The molecular weight excluding hydrogens is 363 g/mol. The summed E-state index contributed by atoms with van der Waals surface area (Å²) in [7, 11) is 0. The van der Waals surface area contributed by atoms with E-state index in [0.29, 0.717) is 21.6 Å². The summed E-state index contributed by atoms with van der Waals surface area (Å²) < 4.78 is 0. The minimum absolute atomic E-state index is 0.211. The van der Waals surface area contributed by atoms with Gasteiger partial charge in [0.1, 0.15) is 12.2 Å². The molecule has 0 unspecified atom stereocenters. The Labute approximate surface area is 153 Å². The first-order valence-corrected chi connectivity index (χ1v) is 8.22. The third-order valence-corrected chi connectivity index (χ3v) is 3.97. The lowest BCUT2D eigenvalue weighted by Crippen LogP contribution is -2.28. The maximum atomic E-state index is 11.9. The molecule has 0 aliphatic carbocycles. The lowest BCUT2D eigenvalue weighted by Gasteiger charge is -2.07. The Morgan fingerprint density at radius 2 is 1.88 bits per heavy atom. The first-order valence-electron chi connectivity index (χ1n) is 7.46. The Morgan fingerprint density at radius 1 is 1.08 bits per heavy atom. The van der Waals surface area contributed by atoms with Crippen LogP contribution in [0.4, 0.5) is 5.69 Å². The van der Waals surface area contributed by atoms with Gasteiger partial charge < -0.3 is 15.6 Å². The first-order chi connectivity index (χ1) is 12.0. The third kappa shape index (κ3) is 4.49. The van der Waals surface area contributed by atoms with Crippen LogP contribution in [0, 0.1) is 0 Å². The molecule has 25 heavy (non-hydrogen) atoms. The zero-order valence-corrected chi connectivity index (χ0v) is 14.5. The average Bonchev–Trinajstić information content (AvgIpc) is 2.98. The lowest BCUT2D eigenvalue weighted by molar-refractivity contribution is -0.126. The number of aromatic amines is 1. The Morgan fingerprint density at radius 3 is 2.64 bits per heavy atom. The van der Waals surface area contributed by atoms with Crippen LogP contribution in [0.1, 0.15) is 12.2 Å². The van der Waals surface area contributed by atoms with E-state index in [0.717, 1.165) is 11.0 Å². The molecule has 8 heteroatoms. The van der Waals surface area contributed by atoms with Gasteiger partial charge >= 0.3 is 0 Å². The van der Waals surface area contributed by atoms with E-state index in [-0.39, 0.29) is 13.0 Å². The first kappa shape index (κ1) is 17.3. The van der Waals surface area contributed by atoms with E-state index >= 15 is 0 Å². The standard InChI is InChI=1S/C17H14Cl2N4O2/c18-10-5-6-12(11(19)7-10)23-17(25)8-16(24)20-9-15-21-13-3-1-2-4-14(13)22-15/h1-7H,8-9H2,(H,20,24)(H,21,22)(H,23,25). The highest BCUT2D eigenvalue weighted by Gasteiger charge is 2.12. The van der Waals surface area contributed by atoms with E-state index in [4.69, 9.17) is 23.2 Å². The fourth-order valence-corrected chi connectivity index (χ4v) is 2.72. The van der Waals surface area contributed by atoms with Crippen molar-refractivity contribution < 1.29 is 9.59 Å². The van der Waals surface area contributed by atoms with Crippen LogP contribution in [-0.2, 0) is 16.1 Å². The third-order valence-electron chi connectivity index (χ3n) is 3.42. The molecule has 0 atom stereocenters. The molecule has 3 N–H and O–H groups in total. The predicted molar refractivity (Wildman–Crippen MR) is 97.6 cm³/mol. The number of anilines is 1. The highest BCUT2D eigenvalue weighted by Crippen LogP contribution is 2.25. The maximum absolute atomic E-state index is 11.9. The molecule has 0 bridgehead atoms. The van der Waals surface area contributed by atoms with E-state index in [1.54, 1.807) is 12.1 Å². The van der Waals surface area contributed by atoms with E-state index in [1.807, 2.05) is 24.3 Å². The van der Waals surface area contributed by atoms with Crippen molar-refractivity contribution in [3.63, 3.8) is 0 Å². The second-order valence-electron chi connectivity index (χ2n) is 5.33. The van der Waals surface area contributed by atoms with Crippen LogP contribution in [0.3, 0.4) is 0 Å². The van der Waals surface area contributed by atoms with Crippen LogP contribution < -0.4 is 10.6 Å². The fourth-order valence-electron chi connectivity index (χ4n) is 2.27. The van der Waals surface area contributed by atoms with Crippen molar-refractivity contribution in [2.75, 3.05) is 5.32 Å². The zero-order chi connectivity index (χ0) is 17.8. The quantitative estimate of drug-likeness (QED) is 0.595. The molecule has 0 radical (unpaired) electrons. The van der Waals surface area contributed by atoms with Crippen LogP contribution in [-0.4, -0.2) is 21.8 Å². The van der Waals surface area contributed by atoms with Crippen molar-refractivity contribution >= 4 is 51.7 Å². The largest absolute Gasteiger partial charge is 0.348 e. The van der Waals surface area contributed by atoms with Crippen LogP contribution >= 0.6 is 23.2 Å². The SMILES string of the molecule is O=C(CC(=O)Nc1ccc(Cl)cc1Cl)NCc1nc2ccccc2[nH]1. The number of H-pyrrole nitrogens is 1.